The zero-order valence-electron chi connectivity index (χ0n) is 12.5. The van der Waals surface area contributed by atoms with E-state index in [0.29, 0.717) is 11.3 Å². The molecule has 3 aromatic rings. The predicted octanol–water partition coefficient (Wildman–Crippen LogP) is 4.01. The molecule has 0 aliphatic heterocycles. The first-order valence-corrected chi connectivity index (χ1v) is 8.06. The van der Waals surface area contributed by atoms with Crippen molar-refractivity contribution in [3.63, 3.8) is 0 Å². The maximum Gasteiger partial charge on any atom is 0.190 e. The van der Waals surface area contributed by atoms with Crippen molar-refractivity contribution in [1.29, 1.82) is 0 Å². The van der Waals surface area contributed by atoms with Gasteiger partial charge in [0.15, 0.2) is 10.6 Å². The van der Waals surface area contributed by atoms with Gasteiger partial charge in [0.25, 0.3) is 0 Å². The average Bonchev–Trinajstić information content (AvgIpc) is 2.89. The van der Waals surface area contributed by atoms with Crippen LogP contribution in [0.4, 0.5) is 14.5 Å². The summed E-state index contributed by atoms with van der Waals surface area (Å²) in [6.07, 6.45) is 2.52. The van der Waals surface area contributed by atoms with Crippen LogP contribution in [0.15, 0.2) is 53.0 Å². The topological polar surface area (TPSA) is 30.2 Å². The minimum absolute atomic E-state index is 0.139. The standard InChI is InChI=1S/C17H15F2N3S/c1-12-11-23-17(21-16-6-5-13(18)10-15(16)19)22(12)9-7-14-4-2-3-8-20-14/h2-6,8,10-11H,7,9H2,1H3. The molecule has 0 saturated heterocycles. The van der Waals surface area contributed by atoms with E-state index in [2.05, 4.69) is 9.98 Å². The van der Waals surface area contributed by atoms with Gasteiger partial charge in [-0.2, -0.15) is 0 Å². The van der Waals surface area contributed by atoms with Crippen LogP contribution >= 0.6 is 11.3 Å². The number of halogens is 2. The van der Waals surface area contributed by atoms with Gasteiger partial charge in [-0.25, -0.2) is 13.8 Å². The fourth-order valence-corrected chi connectivity index (χ4v) is 3.14. The summed E-state index contributed by atoms with van der Waals surface area (Å²) in [5.41, 5.74) is 2.18. The molecule has 23 heavy (non-hydrogen) atoms. The molecular formula is C17H15F2N3S. The summed E-state index contributed by atoms with van der Waals surface area (Å²) in [5, 5.41) is 1.97. The number of nitrogens with zero attached hydrogens (tertiary/aromatic N) is 3. The Balaban J connectivity index is 1.90. The van der Waals surface area contributed by atoms with Gasteiger partial charge >= 0.3 is 0 Å². The molecule has 1 aromatic carbocycles. The van der Waals surface area contributed by atoms with Crippen molar-refractivity contribution in [3.05, 3.63) is 75.8 Å². The molecule has 0 spiro atoms. The van der Waals surface area contributed by atoms with E-state index in [9.17, 15) is 8.78 Å². The summed E-state index contributed by atoms with van der Waals surface area (Å²) in [6, 6.07) is 9.21. The molecule has 0 atom stereocenters. The second-order valence-electron chi connectivity index (χ2n) is 5.09. The first-order valence-electron chi connectivity index (χ1n) is 7.18. The normalized spacial score (nSPS) is 11.9. The summed E-state index contributed by atoms with van der Waals surface area (Å²) < 4.78 is 28.8. The Kier molecular flexibility index (Phi) is 4.62. The van der Waals surface area contributed by atoms with E-state index >= 15 is 0 Å². The monoisotopic (exact) mass is 331 g/mol. The fourth-order valence-electron chi connectivity index (χ4n) is 2.22. The molecule has 0 bridgehead atoms. The molecule has 3 nitrogen and oxygen atoms in total. The number of hydrogen-bond acceptors (Lipinski definition) is 3. The van der Waals surface area contributed by atoms with Gasteiger partial charge in [0.05, 0.1) is 0 Å². The van der Waals surface area contributed by atoms with Crippen molar-refractivity contribution in [1.82, 2.24) is 9.55 Å². The average molecular weight is 331 g/mol. The Morgan fingerprint density at radius 2 is 2.09 bits per heavy atom. The van der Waals surface area contributed by atoms with Gasteiger partial charge < -0.3 is 4.57 Å². The van der Waals surface area contributed by atoms with Crippen molar-refractivity contribution in [2.75, 3.05) is 0 Å². The van der Waals surface area contributed by atoms with Gasteiger partial charge in [-0.1, -0.05) is 6.07 Å². The number of pyridine rings is 1. The lowest BCUT2D eigenvalue weighted by molar-refractivity contribution is 0.583. The van der Waals surface area contributed by atoms with Crippen molar-refractivity contribution in [2.45, 2.75) is 19.9 Å². The van der Waals surface area contributed by atoms with Crippen molar-refractivity contribution in [3.8, 4) is 0 Å². The first-order chi connectivity index (χ1) is 11.1. The third-order valence-electron chi connectivity index (χ3n) is 3.44. The third kappa shape index (κ3) is 3.71. The van der Waals surface area contributed by atoms with E-state index in [1.165, 1.54) is 23.5 Å². The number of thiazole rings is 1. The Labute approximate surface area is 136 Å². The molecule has 0 aliphatic rings. The minimum atomic E-state index is -0.660. The highest BCUT2D eigenvalue weighted by Gasteiger charge is 2.06. The highest BCUT2D eigenvalue weighted by Crippen LogP contribution is 2.18. The molecule has 0 saturated carbocycles. The lowest BCUT2D eigenvalue weighted by atomic mass is 10.2. The van der Waals surface area contributed by atoms with Crippen LogP contribution in [-0.4, -0.2) is 9.55 Å². The highest BCUT2D eigenvalue weighted by atomic mass is 32.1. The maximum atomic E-state index is 13.8. The van der Waals surface area contributed by atoms with E-state index in [-0.39, 0.29) is 5.69 Å². The van der Waals surface area contributed by atoms with Gasteiger partial charge in [-0.15, -0.1) is 11.3 Å². The molecule has 2 aromatic heterocycles. The van der Waals surface area contributed by atoms with Crippen LogP contribution in [0, 0.1) is 18.6 Å². The van der Waals surface area contributed by atoms with Crippen molar-refractivity contribution >= 4 is 17.0 Å². The van der Waals surface area contributed by atoms with E-state index in [0.717, 1.165) is 23.9 Å². The molecule has 0 N–H and O–H groups in total. The van der Waals surface area contributed by atoms with Gasteiger partial charge in [0.1, 0.15) is 11.5 Å². The first kappa shape index (κ1) is 15.6. The number of hydrogen-bond donors (Lipinski definition) is 0. The van der Waals surface area contributed by atoms with Gasteiger partial charge in [-0.05, 0) is 31.2 Å². The lowest BCUT2D eigenvalue weighted by Gasteiger charge is -2.06. The summed E-state index contributed by atoms with van der Waals surface area (Å²) in [5.74, 6) is -1.26. The molecule has 0 fully saturated rings. The van der Waals surface area contributed by atoms with Crippen LogP contribution in [0.5, 0.6) is 0 Å². The van der Waals surface area contributed by atoms with Gasteiger partial charge in [0.2, 0.25) is 0 Å². The summed E-state index contributed by atoms with van der Waals surface area (Å²) in [7, 11) is 0. The molecule has 0 aliphatic carbocycles. The molecule has 0 radical (unpaired) electrons. The van der Waals surface area contributed by atoms with Crippen molar-refractivity contribution in [2.24, 2.45) is 4.99 Å². The Morgan fingerprint density at radius 3 is 2.83 bits per heavy atom. The number of rotatable bonds is 4. The SMILES string of the molecule is Cc1csc(=Nc2ccc(F)cc2F)n1CCc1ccccn1. The van der Waals surface area contributed by atoms with Gasteiger partial charge in [0, 0.05) is 42.0 Å². The quantitative estimate of drug-likeness (QED) is 0.710. The second-order valence-corrected chi connectivity index (χ2v) is 5.93. The van der Waals surface area contributed by atoms with Crippen molar-refractivity contribution < 1.29 is 8.78 Å². The molecule has 2 heterocycles. The van der Waals surface area contributed by atoms with Crippen LogP contribution in [0.3, 0.4) is 0 Å². The third-order valence-corrected chi connectivity index (χ3v) is 4.42. The smallest absolute Gasteiger partial charge is 0.190 e. The molecule has 3 rings (SSSR count). The van der Waals surface area contributed by atoms with E-state index < -0.39 is 11.6 Å². The van der Waals surface area contributed by atoms with Crippen LogP contribution in [-0.2, 0) is 13.0 Å². The number of benzene rings is 1. The van der Waals surface area contributed by atoms with E-state index in [4.69, 9.17) is 0 Å². The zero-order valence-corrected chi connectivity index (χ0v) is 13.4. The van der Waals surface area contributed by atoms with Gasteiger partial charge in [-0.3, -0.25) is 4.98 Å². The van der Waals surface area contributed by atoms with Crippen LogP contribution in [0.1, 0.15) is 11.4 Å². The Bertz CT molecular complexity index is 869. The largest absolute Gasteiger partial charge is 0.321 e. The minimum Gasteiger partial charge on any atom is -0.321 e. The van der Waals surface area contributed by atoms with Crippen LogP contribution in [0.2, 0.25) is 0 Å². The Hall–Kier alpha value is -2.34. The summed E-state index contributed by atoms with van der Waals surface area (Å²) in [4.78, 5) is 9.32. The number of aryl methyl sites for hydroxylation is 2. The van der Waals surface area contributed by atoms with E-state index in [1.807, 2.05) is 35.1 Å². The predicted molar refractivity (Wildman–Crippen MR) is 86.6 cm³/mol. The lowest BCUT2D eigenvalue weighted by Crippen LogP contribution is -2.17. The zero-order chi connectivity index (χ0) is 16.2. The molecule has 0 unspecified atom stereocenters. The summed E-state index contributed by atoms with van der Waals surface area (Å²) >= 11 is 1.43. The molecular weight excluding hydrogens is 316 g/mol. The summed E-state index contributed by atoms with van der Waals surface area (Å²) in [6.45, 7) is 2.68. The highest BCUT2D eigenvalue weighted by molar-refractivity contribution is 7.07. The maximum absolute atomic E-state index is 13.8. The Morgan fingerprint density at radius 1 is 1.22 bits per heavy atom. The van der Waals surface area contributed by atoms with Crippen LogP contribution < -0.4 is 4.80 Å². The fraction of sp³-hybridized carbons (Fsp3) is 0.176. The molecule has 118 valence electrons. The van der Waals surface area contributed by atoms with Crippen LogP contribution in [0.25, 0.3) is 0 Å². The van der Waals surface area contributed by atoms with E-state index in [1.54, 1.807) is 6.20 Å². The second kappa shape index (κ2) is 6.83. The molecule has 6 heteroatoms. The number of aromatic nitrogens is 2. The molecule has 0 amide bonds.